The van der Waals surface area contributed by atoms with E-state index in [-0.39, 0.29) is 0 Å². The lowest BCUT2D eigenvalue weighted by Gasteiger charge is -2.30. The van der Waals surface area contributed by atoms with Crippen LogP contribution in [-0.2, 0) is 14.3 Å². The standard InChI is InChI=1S/C10H18O4/c1-6(2)10(8(11)12)7(3)13-9(4,5)14-10/h6-7H,1-5H3,(H,11,12)/t7-,10-/m0/s1/i1D3,2D3,6D. The number of carboxylic acids is 1. The average molecular weight is 209 g/mol. The molecule has 1 saturated heterocycles. The van der Waals surface area contributed by atoms with Gasteiger partial charge < -0.3 is 14.6 Å². The van der Waals surface area contributed by atoms with Gasteiger partial charge in [0.2, 0.25) is 0 Å². The first-order valence-corrected chi connectivity index (χ1v) is 4.14. The van der Waals surface area contributed by atoms with Gasteiger partial charge in [0, 0.05) is 9.60 Å². The van der Waals surface area contributed by atoms with Gasteiger partial charge in [-0.05, 0) is 26.7 Å². The van der Waals surface area contributed by atoms with E-state index >= 15 is 0 Å². The van der Waals surface area contributed by atoms with Crippen LogP contribution in [0.15, 0.2) is 0 Å². The van der Waals surface area contributed by atoms with Crippen molar-refractivity contribution in [3.8, 4) is 0 Å². The fourth-order valence-electron chi connectivity index (χ4n) is 1.58. The summed E-state index contributed by atoms with van der Waals surface area (Å²) in [6.45, 7) is -3.03. The predicted octanol–water partition coefficient (Wildman–Crippen LogP) is 1.64. The molecule has 1 fully saturated rings. The van der Waals surface area contributed by atoms with Crippen LogP contribution in [0.3, 0.4) is 0 Å². The maximum atomic E-state index is 11.7. The van der Waals surface area contributed by atoms with Gasteiger partial charge in [-0.3, -0.25) is 0 Å². The smallest absolute Gasteiger partial charge is 0.339 e. The highest BCUT2D eigenvalue weighted by Crippen LogP contribution is 2.41. The molecule has 0 aromatic rings. The van der Waals surface area contributed by atoms with Gasteiger partial charge in [-0.15, -0.1) is 0 Å². The molecule has 1 heterocycles. The Hall–Kier alpha value is -0.610. The summed E-state index contributed by atoms with van der Waals surface area (Å²) in [4.78, 5) is 11.7. The van der Waals surface area contributed by atoms with Crippen molar-refractivity contribution in [2.24, 2.45) is 5.89 Å². The van der Waals surface area contributed by atoms with Crippen LogP contribution in [-0.4, -0.2) is 28.6 Å². The third-order valence-electron chi connectivity index (χ3n) is 2.13. The minimum atomic E-state index is -3.44. The second kappa shape index (κ2) is 3.21. The summed E-state index contributed by atoms with van der Waals surface area (Å²) >= 11 is 0. The number of hydrogen-bond donors (Lipinski definition) is 1. The number of carbonyl (C=O) groups is 1. The van der Waals surface area contributed by atoms with E-state index in [4.69, 9.17) is 19.1 Å². The van der Waals surface area contributed by atoms with Crippen molar-refractivity contribution in [2.45, 2.75) is 52.0 Å². The molecule has 14 heavy (non-hydrogen) atoms. The maximum absolute atomic E-state index is 11.7. The van der Waals surface area contributed by atoms with E-state index in [9.17, 15) is 9.90 Å². The minimum Gasteiger partial charge on any atom is -0.479 e. The third kappa shape index (κ3) is 1.53. The summed E-state index contributed by atoms with van der Waals surface area (Å²) in [5, 5.41) is 9.50. The van der Waals surface area contributed by atoms with E-state index in [2.05, 4.69) is 0 Å². The molecule has 1 aliphatic heterocycles. The first-order valence-electron chi connectivity index (χ1n) is 7.64. The maximum Gasteiger partial charge on any atom is 0.339 e. The highest BCUT2D eigenvalue weighted by molar-refractivity contribution is 5.79. The zero-order chi connectivity index (χ0) is 17.1. The largest absolute Gasteiger partial charge is 0.479 e. The van der Waals surface area contributed by atoms with E-state index in [0.29, 0.717) is 0 Å². The van der Waals surface area contributed by atoms with Gasteiger partial charge in [0.15, 0.2) is 11.4 Å². The summed E-state index contributed by atoms with van der Waals surface area (Å²) < 4.78 is 63.1. The van der Waals surface area contributed by atoms with Crippen molar-refractivity contribution >= 4 is 5.97 Å². The Labute approximate surface area is 94.0 Å². The second-order valence-corrected chi connectivity index (χ2v) is 3.68. The van der Waals surface area contributed by atoms with Gasteiger partial charge in [-0.2, -0.15) is 0 Å². The molecule has 0 aliphatic carbocycles. The van der Waals surface area contributed by atoms with Crippen LogP contribution in [0.1, 0.15) is 44.1 Å². The molecule has 4 nitrogen and oxygen atoms in total. The van der Waals surface area contributed by atoms with Crippen LogP contribution in [0, 0.1) is 5.89 Å². The molecule has 4 heteroatoms. The molecule has 0 unspecified atom stereocenters. The van der Waals surface area contributed by atoms with E-state index in [1.165, 1.54) is 20.8 Å². The van der Waals surface area contributed by atoms with Gasteiger partial charge in [0.1, 0.15) is 0 Å². The Morgan fingerprint density at radius 3 is 2.50 bits per heavy atom. The minimum absolute atomic E-state index is 1.18. The summed E-state index contributed by atoms with van der Waals surface area (Å²) in [5.74, 6) is -6.78. The average Bonchev–Trinajstić information content (AvgIpc) is 2.44. The Balaban J connectivity index is 3.70. The Bertz CT molecular complexity index is 428. The zero-order valence-corrected chi connectivity index (χ0v) is 8.25. The fourth-order valence-corrected chi connectivity index (χ4v) is 1.58. The molecule has 1 aliphatic rings. The molecule has 1 rings (SSSR count). The topological polar surface area (TPSA) is 55.8 Å². The van der Waals surface area contributed by atoms with E-state index in [1.54, 1.807) is 0 Å². The monoisotopic (exact) mass is 209 g/mol. The van der Waals surface area contributed by atoms with Gasteiger partial charge in [-0.1, -0.05) is 13.7 Å². The molecule has 0 radical (unpaired) electrons. The van der Waals surface area contributed by atoms with E-state index < -0.39 is 43.1 Å². The fraction of sp³-hybridized carbons (Fsp3) is 0.900. The van der Waals surface area contributed by atoms with Crippen molar-refractivity contribution < 1.29 is 29.0 Å². The van der Waals surface area contributed by atoms with Crippen molar-refractivity contribution in [3.63, 3.8) is 0 Å². The first-order chi connectivity index (χ1) is 9.03. The summed E-state index contributed by atoms with van der Waals surface area (Å²) in [6.07, 6.45) is -1.44. The van der Waals surface area contributed by atoms with Crippen molar-refractivity contribution in [3.05, 3.63) is 0 Å². The Kier molecular flexibility index (Phi) is 1.13. The highest BCUT2D eigenvalue weighted by atomic mass is 16.8. The lowest BCUT2D eigenvalue weighted by molar-refractivity contribution is -0.192. The molecule has 82 valence electrons. The van der Waals surface area contributed by atoms with Crippen LogP contribution >= 0.6 is 0 Å². The number of ether oxygens (including phenoxy) is 2. The number of aliphatic carboxylic acids is 1. The molecule has 0 amide bonds. The van der Waals surface area contributed by atoms with Crippen molar-refractivity contribution in [1.29, 1.82) is 0 Å². The van der Waals surface area contributed by atoms with Gasteiger partial charge in [0.25, 0.3) is 0 Å². The molecule has 2 atom stereocenters. The molecular weight excluding hydrogens is 184 g/mol. The van der Waals surface area contributed by atoms with Crippen LogP contribution in [0.25, 0.3) is 0 Å². The first kappa shape index (κ1) is 4.94. The van der Waals surface area contributed by atoms with Gasteiger partial charge in [-0.25, -0.2) is 4.79 Å². The SMILES string of the molecule is [2H]C([2H])([2H])C([2H])(C([2H])([2H])[2H])[C@]1(C(=O)O)OC(C)(C)O[C@H]1C. The summed E-state index contributed by atoms with van der Waals surface area (Å²) in [7, 11) is 0. The van der Waals surface area contributed by atoms with E-state index in [0.717, 1.165) is 0 Å². The molecule has 0 aromatic carbocycles. The second-order valence-electron chi connectivity index (χ2n) is 3.68. The van der Waals surface area contributed by atoms with Crippen LogP contribution < -0.4 is 0 Å². The van der Waals surface area contributed by atoms with Crippen LogP contribution in [0.4, 0.5) is 0 Å². The van der Waals surface area contributed by atoms with E-state index in [1.807, 2.05) is 0 Å². The quantitative estimate of drug-likeness (QED) is 0.751. The number of carboxylic acid groups (broad SMARTS) is 1. The number of rotatable bonds is 2. The third-order valence-corrected chi connectivity index (χ3v) is 2.13. The Morgan fingerprint density at radius 1 is 1.64 bits per heavy atom. The van der Waals surface area contributed by atoms with Crippen molar-refractivity contribution in [1.82, 2.24) is 0 Å². The molecule has 0 bridgehead atoms. The zero-order valence-electron chi connectivity index (χ0n) is 15.2. The molecule has 0 saturated carbocycles. The number of hydrogen-bond acceptors (Lipinski definition) is 3. The normalized spacial score (nSPS) is 46.2. The molecule has 0 spiro atoms. The highest BCUT2D eigenvalue weighted by Gasteiger charge is 2.58. The summed E-state index contributed by atoms with van der Waals surface area (Å²) in [6, 6.07) is 0. The molecule has 1 N–H and O–H groups in total. The van der Waals surface area contributed by atoms with Crippen molar-refractivity contribution in [2.75, 3.05) is 0 Å². The van der Waals surface area contributed by atoms with Crippen LogP contribution in [0.5, 0.6) is 0 Å². The predicted molar refractivity (Wildman–Crippen MR) is 50.9 cm³/mol. The lowest BCUT2D eigenvalue weighted by Crippen LogP contribution is -2.51. The molecular formula is C10H18O4. The lowest BCUT2D eigenvalue weighted by atomic mass is 9.86. The summed E-state index contributed by atoms with van der Waals surface area (Å²) in [5.41, 5.74) is -2.85. The van der Waals surface area contributed by atoms with Gasteiger partial charge in [0.05, 0.1) is 6.10 Å². The Morgan fingerprint density at radius 2 is 2.21 bits per heavy atom. The van der Waals surface area contributed by atoms with Gasteiger partial charge >= 0.3 is 5.97 Å². The molecule has 0 aromatic heterocycles. The van der Waals surface area contributed by atoms with Crippen LogP contribution in [0.2, 0.25) is 0 Å².